The molecule has 0 radical (unpaired) electrons. The van der Waals surface area contributed by atoms with Crippen molar-refractivity contribution in [2.45, 2.75) is 13.0 Å². The van der Waals surface area contributed by atoms with E-state index < -0.39 is 0 Å². The van der Waals surface area contributed by atoms with Gasteiger partial charge in [-0.15, -0.1) is 0 Å². The second-order valence-electron chi connectivity index (χ2n) is 2.64. The van der Waals surface area contributed by atoms with Crippen molar-refractivity contribution in [3.8, 4) is 5.95 Å². The SMILES string of the molecule is COCc1ccc(OCCCN)o1. The summed E-state index contributed by atoms with van der Waals surface area (Å²) in [4.78, 5) is 0. The van der Waals surface area contributed by atoms with E-state index in [2.05, 4.69) is 0 Å². The van der Waals surface area contributed by atoms with Crippen LogP contribution in [-0.2, 0) is 11.3 Å². The number of rotatable bonds is 6. The quantitative estimate of drug-likeness (QED) is 0.675. The number of ether oxygens (including phenoxy) is 2. The number of hydrogen-bond donors (Lipinski definition) is 1. The molecule has 0 aliphatic heterocycles. The third-order valence-electron chi connectivity index (χ3n) is 1.52. The average molecular weight is 185 g/mol. The molecule has 4 nitrogen and oxygen atoms in total. The van der Waals surface area contributed by atoms with Gasteiger partial charge in [0.2, 0.25) is 0 Å². The fraction of sp³-hybridized carbons (Fsp3) is 0.556. The van der Waals surface area contributed by atoms with Crippen LogP contribution < -0.4 is 10.5 Å². The summed E-state index contributed by atoms with van der Waals surface area (Å²) in [6, 6.07) is 3.62. The van der Waals surface area contributed by atoms with Gasteiger partial charge in [-0.05, 0) is 19.0 Å². The molecule has 0 amide bonds. The molecule has 0 aliphatic rings. The number of hydrogen-bond acceptors (Lipinski definition) is 4. The van der Waals surface area contributed by atoms with Crippen molar-refractivity contribution in [1.29, 1.82) is 0 Å². The molecule has 1 aromatic rings. The molecule has 0 fully saturated rings. The van der Waals surface area contributed by atoms with E-state index in [1.54, 1.807) is 13.2 Å². The molecule has 0 bridgehead atoms. The first-order valence-electron chi connectivity index (χ1n) is 4.27. The van der Waals surface area contributed by atoms with E-state index in [1.165, 1.54) is 0 Å². The van der Waals surface area contributed by atoms with Gasteiger partial charge in [-0.3, -0.25) is 0 Å². The van der Waals surface area contributed by atoms with Gasteiger partial charge in [0.25, 0.3) is 5.95 Å². The van der Waals surface area contributed by atoms with E-state index in [0.29, 0.717) is 25.7 Å². The van der Waals surface area contributed by atoms with Crippen molar-refractivity contribution in [1.82, 2.24) is 0 Å². The van der Waals surface area contributed by atoms with Crippen LogP contribution in [0.15, 0.2) is 16.5 Å². The maximum Gasteiger partial charge on any atom is 0.284 e. The normalized spacial score (nSPS) is 10.3. The third-order valence-corrected chi connectivity index (χ3v) is 1.52. The summed E-state index contributed by atoms with van der Waals surface area (Å²) in [5.41, 5.74) is 5.31. The summed E-state index contributed by atoms with van der Waals surface area (Å²) in [6.07, 6.45) is 0.834. The van der Waals surface area contributed by atoms with Crippen molar-refractivity contribution < 1.29 is 13.9 Å². The first-order valence-corrected chi connectivity index (χ1v) is 4.27. The van der Waals surface area contributed by atoms with Gasteiger partial charge in [0.1, 0.15) is 12.4 Å². The van der Waals surface area contributed by atoms with Crippen LogP contribution >= 0.6 is 0 Å². The first-order chi connectivity index (χ1) is 6.36. The molecule has 1 rings (SSSR count). The van der Waals surface area contributed by atoms with Crippen LogP contribution in [0.5, 0.6) is 5.95 Å². The number of furan rings is 1. The highest BCUT2D eigenvalue weighted by Gasteiger charge is 2.01. The van der Waals surface area contributed by atoms with Crippen LogP contribution in [0, 0.1) is 0 Å². The highest BCUT2D eigenvalue weighted by Crippen LogP contribution is 2.16. The maximum absolute atomic E-state index is 5.31. The summed E-state index contributed by atoms with van der Waals surface area (Å²) in [7, 11) is 1.62. The topological polar surface area (TPSA) is 57.6 Å². The second kappa shape index (κ2) is 5.61. The van der Waals surface area contributed by atoms with Crippen LogP contribution in [-0.4, -0.2) is 20.3 Å². The molecule has 74 valence electrons. The van der Waals surface area contributed by atoms with Crippen molar-refractivity contribution in [2.24, 2.45) is 5.73 Å². The summed E-state index contributed by atoms with van der Waals surface area (Å²) >= 11 is 0. The van der Waals surface area contributed by atoms with E-state index in [-0.39, 0.29) is 0 Å². The minimum Gasteiger partial charge on any atom is -0.465 e. The van der Waals surface area contributed by atoms with Gasteiger partial charge < -0.3 is 19.6 Å². The lowest BCUT2D eigenvalue weighted by Crippen LogP contribution is -2.05. The monoisotopic (exact) mass is 185 g/mol. The zero-order valence-electron chi connectivity index (χ0n) is 7.79. The standard InChI is InChI=1S/C9H15NO3/c1-11-7-8-3-4-9(13-8)12-6-2-5-10/h3-4H,2,5-7,10H2,1H3. The molecule has 1 aromatic heterocycles. The predicted molar refractivity (Wildman–Crippen MR) is 48.6 cm³/mol. The van der Waals surface area contributed by atoms with Gasteiger partial charge in [-0.25, -0.2) is 0 Å². The van der Waals surface area contributed by atoms with Crippen molar-refractivity contribution in [3.05, 3.63) is 17.9 Å². The summed E-state index contributed by atoms with van der Waals surface area (Å²) < 4.78 is 15.5. The third kappa shape index (κ3) is 3.48. The molecule has 0 spiro atoms. The summed E-state index contributed by atoms with van der Waals surface area (Å²) in [6.45, 7) is 1.70. The molecule has 1 heterocycles. The van der Waals surface area contributed by atoms with E-state index in [4.69, 9.17) is 19.6 Å². The Kier molecular flexibility index (Phi) is 4.35. The minimum atomic E-state index is 0.472. The lowest BCUT2D eigenvalue weighted by atomic mass is 10.5. The predicted octanol–water partition coefficient (Wildman–Crippen LogP) is 1.15. The Hall–Kier alpha value is -1.00. The van der Waals surface area contributed by atoms with Crippen LogP contribution in [0.3, 0.4) is 0 Å². The smallest absolute Gasteiger partial charge is 0.284 e. The molecule has 0 saturated carbocycles. The molecule has 0 aromatic carbocycles. The van der Waals surface area contributed by atoms with Crippen LogP contribution in [0.25, 0.3) is 0 Å². The second-order valence-corrected chi connectivity index (χ2v) is 2.64. The first kappa shape index (κ1) is 10.1. The zero-order chi connectivity index (χ0) is 9.52. The van der Waals surface area contributed by atoms with Crippen LogP contribution in [0.4, 0.5) is 0 Å². The van der Waals surface area contributed by atoms with Crippen LogP contribution in [0.1, 0.15) is 12.2 Å². The molecule has 0 unspecified atom stereocenters. The average Bonchev–Trinajstić information content (AvgIpc) is 2.54. The van der Waals surface area contributed by atoms with Gasteiger partial charge in [0.05, 0.1) is 6.61 Å². The van der Waals surface area contributed by atoms with Gasteiger partial charge in [-0.1, -0.05) is 0 Å². The maximum atomic E-state index is 5.31. The minimum absolute atomic E-state index is 0.472. The Balaban J connectivity index is 2.31. The Labute approximate surface area is 77.6 Å². The zero-order valence-corrected chi connectivity index (χ0v) is 7.79. The molecule has 0 atom stereocenters. The summed E-state index contributed by atoms with van der Waals surface area (Å²) in [5, 5.41) is 0. The van der Waals surface area contributed by atoms with Gasteiger partial charge >= 0.3 is 0 Å². The Morgan fingerprint density at radius 2 is 2.31 bits per heavy atom. The van der Waals surface area contributed by atoms with E-state index >= 15 is 0 Å². The Morgan fingerprint density at radius 3 is 3.00 bits per heavy atom. The highest BCUT2D eigenvalue weighted by atomic mass is 16.6. The molecular weight excluding hydrogens is 170 g/mol. The Morgan fingerprint density at radius 1 is 1.46 bits per heavy atom. The van der Waals surface area contributed by atoms with Gasteiger partial charge in [0, 0.05) is 13.2 Å². The van der Waals surface area contributed by atoms with E-state index in [9.17, 15) is 0 Å². The Bertz CT molecular complexity index is 235. The lowest BCUT2D eigenvalue weighted by Gasteiger charge is -1.99. The van der Waals surface area contributed by atoms with Crippen molar-refractivity contribution in [3.63, 3.8) is 0 Å². The molecule has 2 N–H and O–H groups in total. The fourth-order valence-corrected chi connectivity index (χ4v) is 0.912. The molecular formula is C9H15NO3. The largest absolute Gasteiger partial charge is 0.465 e. The van der Waals surface area contributed by atoms with Crippen LogP contribution in [0.2, 0.25) is 0 Å². The summed E-state index contributed by atoms with van der Waals surface area (Å²) in [5.74, 6) is 1.30. The molecule has 0 aliphatic carbocycles. The van der Waals surface area contributed by atoms with Crippen molar-refractivity contribution in [2.75, 3.05) is 20.3 Å². The lowest BCUT2D eigenvalue weighted by molar-refractivity contribution is 0.152. The van der Waals surface area contributed by atoms with E-state index in [1.807, 2.05) is 6.07 Å². The number of nitrogens with two attached hydrogens (primary N) is 1. The van der Waals surface area contributed by atoms with Gasteiger partial charge in [-0.2, -0.15) is 0 Å². The molecule has 0 saturated heterocycles. The van der Waals surface area contributed by atoms with E-state index in [0.717, 1.165) is 12.2 Å². The highest BCUT2D eigenvalue weighted by molar-refractivity contribution is 5.11. The molecule has 13 heavy (non-hydrogen) atoms. The number of methoxy groups -OCH3 is 1. The van der Waals surface area contributed by atoms with Gasteiger partial charge in [0.15, 0.2) is 0 Å². The molecule has 4 heteroatoms. The van der Waals surface area contributed by atoms with Crippen molar-refractivity contribution >= 4 is 0 Å². The fourth-order valence-electron chi connectivity index (χ4n) is 0.912.